The first-order valence-electron chi connectivity index (χ1n) is 6.08. The first kappa shape index (κ1) is 12.7. The lowest BCUT2D eigenvalue weighted by molar-refractivity contribution is 0.550. The number of aromatic nitrogens is 1. The van der Waals surface area contributed by atoms with Crippen LogP contribution in [0.3, 0.4) is 0 Å². The summed E-state index contributed by atoms with van der Waals surface area (Å²) in [6.07, 6.45) is 13.1. The first-order chi connectivity index (χ1) is 7.93. The van der Waals surface area contributed by atoms with Crippen molar-refractivity contribution in [1.82, 2.24) is 4.57 Å². The molecule has 0 saturated carbocycles. The van der Waals surface area contributed by atoms with Crippen LogP contribution in [0.25, 0.3) is 0 Å². The summed E-state index contributed by atoms with van der Waals surface area (Å²) in [7, 11) is 0. The Balaban J connectivity index is 1.83. The monoisotopic (exact) mass is 220 g/mol. The van der Waals surface area contributed by atoms with Crippen LogP contribution in [0, 0.1) is 0 Å². The zero-order chi connectivity index (χ0) is 11.5. The molecule has 0 atom stereocenters. The van der Waals surface area contributed by atoms with E-state index in [-0.39, 0.29) is 0 Å². The third-order valence-corrected chi connectivity index (χ3v) is 2.67. The first-order valence-corrected chi connectivity index (χ1v) is 6.08. The van der Waals surface area contributed by atoms with E-state index in [4.69, 9.17) is 0 Å². The molecule has 3 heteroatoms. The maximum absolute atomic E-state index is 9.80. The Hall–Kier alpha value is -1.34. The van der Waals surface area contributed by atoms with E-state index >= 15 is 0 Å². The molecule has 0 bridgehead atoms. The van der Waals surface area contributed by atoms with Gasteiger partial charge in [0.2, 0.25) is 6.08 Å². The van der Waals surface area contributed by atoms with Crippen LogP contribution < -0.4 is 0 Å². The van der Waals surface area contributed by atoms with Gasteiger partial charge in [0.05, 0.1) is 6.54 Å². The van der Waals surface area contributed by atoms with Crippen LogP contribution in [-0.4, -0.2) is 17.2 Å². The van der Waals surface area contributed by atoms with Crippen molar-refractivity contribution in [3.8, 4) is 0 Å². The third-order valence-electron chi connectivity index (χ3n) is 2.67. The average molecular weight is 220 g/mol. The highest BCUT2D eigenvalue weighted by atomic mass is 16.1. The lowest BCUT2D eigenvalue weighted by Gasteiger charge is -2.02. The molecule has 0 spiro atoms. The predicted octanol–water partition coefficient (Wildman–Crippen LogP) is 3.16. The van der Waals surface area contributed by atoms with Crippen molar-refractivity contribution in [3.05, 3.63) is 24.5 Å². The van der Waals surface area contributed by atoms with Gasteiger partial charge >= 0.3 is 0 Å². The molecule has 0 unspecified atom stereocenters. The second-order valence-electron chi connectivity index (χ2n) is 4.02. The number of aryl methyl sites for hydroxylation is 1. The second kappa shape index (κ2) is 8.93. The van der Waals surface area contributed by atoms with Crippen LogP contribution in [0.15, 0.2) is 29.5 Å². The Morgan fingerprint density at radius 1 is 0.938 bits per heavy atom. The van der Waals surface area contributed by atoms with Crippen LogP contribution >= 0.6 is 0 Å². The fraction of sp³-hybridized carbons (Fsp3) is 0.615. The van der Waals surface area contributed by atoms with Gasteiger partial charge in [-0.2, -0.15) is 0 Å². The lowest BCUT2D eigenvalue weighted by Crippen LogP contribution is -1.93. The van der Waals surface area contributed by atoms with Gasteiger partial charge in [-0.25, -0.2) is 9.79 Å². The van der Waals surface area contributed by atoms with Crippen molar-refractivity contribution in [3.63, 3.8) is 0 Å². The molecular weight excluding hydrogens is 200 g/mol. The van der Waals surface area contributed by atoms with E-state index in [0.717, 1.165) is 13.0 Å². The van der Waals surface area contributed by atoms with Crippen LogP contribution in [0.5, 0.6) is 0 Å². The number of unbranched alkanes of at least 4 members (excludes halogenated alkanes) is 5. The van der Waals surface area contributed by atoms with Crippen LogP contribution in [0.4, 0.5) is 0 Å². The summed E-state index contributed by atoms with van der Waals surface area (Å²) >= 11 is 0. The van der Waals surface area contributed by atoms with Crippen LogP contribution in [-0.2, 0) is 11.3 Å². The molecule has 1 rings (SSSR count). The fourth-order valence-corrected chi connectivity index (χ4v) is 1.76. The van der Waals surface area contributed by atoms with Crippen LogP contribution in [0.1, 0.15) is 38.5 Å². The van der Waals surface area contributed by atoms with Gasteiger partial charge in [0, 0.05) is 18.9 Å². The fourth-order valence-electron chi connectivity index (χ4n) is 1.76. The van der Waals surface area contributed by atoms with E-state index in [1.54, 1.807) is 6.08 Å². The molecule has 0 aromatic carbocycles. The zero-order valence-corrected chi connectivity index (χ0v) is 9.77. The Labute approximate surface area is 97.2 Å². The van der Waals surface area contributed by atoms with Gasteiger partial charge in [-0.05, 0) is 25.0 Å². The summed E-state index contributed by atoms with van der Waals surface area (Å²) < 4.78 is 2.22. The number of aliphatic imine (C=N–C) groups is 1. The van der Waals surface area contributed by atoms with E-state index in [9.17, 15) is 4.79 Å². The van der Waals surface area contributed by atoms with Gasteiger partial charge in [-0.1, -0.05) is 25.7 Å². The molecule has 0 aliphatic rings. The summed E-state index contributed by atoms with van der Waals surface area (Å²) in [5.74, 6) is 0. The smallest absolute Gasteiger partial charge is 0.234 e. The van der Waals surface area contributed by atoms with Crippen molar-refractivity contribution in [2.45, 2.75) is 45.1 Å². The van der Waals surface area contributed by atoms with Crippen molar-refractivity contribution in [2.75, 3.05) is 6.54 Å². The molecule has 0 aliphatic carbocycles. The molecule has 1 aromatic rings. The van der Waals surface area contributed by atoms with Crippen molar-refractivity contribution >= 4 is 6.08 Å². The largest absolute Gasteiger partial charge is 0.354 e. The normalized spacial score (nSPS) is 10.0. The Morgan fingerprint density at radius 3 is 2.25 bits per heavy atom. The predicted molar refractivity (Wildman–Crippen MR) is 65.1 cm³/mol. The highest BCUT2D eigenvalue weighted by molar-refractivity contribution is 5.32. The topological polar surface area (TPSA) is 34.4 Å². The van der Waals surface area contributed by atoms with Gasteiger partial charge in [0.1, 0.15) is 0 Å². The van der Waals surface area contributed by atoms with Crippen molar-refractivity contribution in [2.24, 2.45) is 4.99 Å². The van der Waals surface area contributed by atoms with Gasteiger partial charge in [0.25, 0.3) is 0 Å². The molecule has 0 aliphatic heterocycles. The van der Waals surface area contributed by atoms with E-state index in [1.165, 1.54) is 32.1 Å². The summed E-state index contributed by atoms with van der Waals surface area (Å²) in [6, 6.07) is 4.13. The number of nitrogens with zero attached hydrogens (tertiary/aromatic N) is 2. The number of isocyanates is 1. The summed E-state index contributed by atoms with van der Waals surface area (Å²) in [4.78, 5) is 13.3. The van der Waals surface area contributed by atoms with Crippen molar-refractivity contribution in [1.29, 1.82) is 0 Å². The summed E-state index contributed by atoms with van der Waals surface area (Å²) in [6.45, 7) is 1.77. The highest BCUT2D eigenvalue weighted by Gasteiger charge is 1.92. The molecule has 1 heterocycles. The maximum Gasteiger partial charge on any atom is 0.234 e. The minimum absolute atomic E-state index is 0.646. The Morgan fingerprint density at radius 2 is 1.56 bits per heavy atom. The molecule has 1 aromatic heterocycles. The Kier molecular flexibility index (Phi) is 7.10. The molecule has 0 saturated heterocycles. The van der Waals surface area contributed by atoms with Crippen molar-refractivity contribution < 1.29 is 4.79 Å². The summed E-state index contributed by atoms with van der Waals surface area (Å²) in [5.41, 5.74) is 0. The van der Waals surface area contributed by atoms with Crippen LogP contribution in [0.2, 0.25) is 0 Å². The van der Waals surface area contributed by atoms with Gasteiger partial charge in [-0.3, -0.25) is 0 Å². The van der Waals surface area contributed by atoms with E-state index in [1.807, 2.05) is 0 Å². The average Bonchev–Trinajstić information content (AvgIpc) is 2.80. The number of rotatable bonds is 9. The van der Waals surface area contributed by atoms with Gasteiger partial charge in [0.15, 0.2) is 0 Å². The summed E-state index contributed by atoms with van der Waals surface area (Å²) in [5, 5.41) is 0. The van der Waals surface area contributed by atoms with Gasteiger partial charge in [-0.15, -0.1) is 0 Å². The molecular formula is C13H20N2O. The number of hydrogen-bond donors (Lipinski definition) is 0. The zero-order valence-electron chi connectivity index (χ0n) is 9.77. The highest BCUT2D eigenvalue weighted by Crippen LogP contribution is 2.06. The molecule has 16 heavy (non-hydrogen) atoms. The van der Waals surface area contributed by atoms with E-state index in [2.05, 4.69) is 34.1 Å². The Bertz CT molecular complexity index is 300. The molecule has 0 N–H and O–H groups in total. The second-order valence-corrected chi connectivity index (χ2v) is 4.02. The van der Waals surface area contributed by atoms with E-state index < -0.39 is 0 Å². The minimum Gasteiger partial charge on any atom is -0.354 e. The maximum atomic E-state index is 9.80. The molecule has 88 valence electrons. The molecule has 0 radical (unpaired) electrons. The minimum atomic E-state index is 0.646. The number of hydrogen-bond acceptors (Lipinski definition) is 2. The molecule has 0 amide bonds. The third kappa shape index (κ3) is 6.20. The quantitative estimate of drug-likeness (QED) is 0.357. The number of carbonyl (C=O) groups excluding carboxylic acids is 1. The molecule has 3 nitrogen and oxygen atoms in total. The standard InChI is InChI=1S/C13H20N2O/c16-13-14-9-5-3-1-2-4-6-10-15-11-7-8-12-15/h7-8,11-12H,1-6,9-10H2. The lowest BCUT2D eigenvalue weighted by atomic mass is 10.1. The van der Waals surface area contributed by atoms with E-state index in [0.29, 0.717) is 6.54 Å². The molecule has 0 fully saturated rings. The SMILES string of the molecule is O=C=NCCCCCCCCn1cccc1. The van der Waals surface area contributed by atoms with Gasteiger partial charge < -0.3 is 4.57 Å².